The third-order valence-electron chi connectivity index (χ3n) is 4.58. The van der Waals surface area contributed by atoms with Crippen molar-refractivity contribution in [3.63, 3.8) is 0 Å². The lowest BCUT2D eigenvalue weighted by Crippen LogP contribution is -2.36. The molecule has 0 spiro atoms. The molecule has 27 heavy (non-hydrogen) atoms. The Hall–Kier alpha value is -2.50. The summed E-state index contributed by atoms with van der Waals surface area (Å²) in [5, 5.41) is 4.35. The summed E-state index contributed by atoms with van der Waals surface area (Å²) in [6.07, 6.45) is 0.684. The first kappa shape index (κ1) is 17.9. The number of fused-ring (bicyclic) bond motifs is 1. The third kappa shape index (κ3) is 4.10. The fourth-order valence-corrected chi connectivity index (χ4v) is 3.75. The fourth-order valence-electron chi connectivity index (χ4n) is 3.23. The first-order valence-electron chi connectivity index (χ1n) is 8.69. The molecule has 0 saturated carbocycles. The molecule has 5 nitrogen and oxygen atoms in total. The van der Waals surface area contributed by atoms with Gasteiger partial charge in [-0.3, -0.25) is 9.78 Å². The Morgan fingerprint density at radius 3 is 2.59 bits per heavy atom. The van der Waals surface area contributed by atoms with Gasteiger partial charge in [-0.25, -0.2) is 4.98 Å². The molecule has 138 valence electrons. The molecule has 3 aromatic rings. The zero-order valence-corrected chi connectivity index (χ0v) is 16.0. The van der Waals surface area contributed by atoms with Crippen LogP contribution in [0, 0.1) is 0 Å². The van der Waals surface area contributed by atoms with E-state index in [1.54, 1.807) is 6.07 Å². The van der Waals surface area contributed by atoms with Crippen LogP contribution in [0.5, 0.6) is 0 Å². The van der Waals surface area contributed by atoms with Crippen LogP contribution in [0.25, 0.3) is 0 Å². The van der Waals surface area contributed by atoms with Crippen molar-refractivity contribution in [2.24, 2.45) is 0 Å². The van der Waals surface area contributed by atoms with Crippen molar-refractivity contribution < 1.29 is 0 Å². The zero-order chi connectivity index (χ0) is 18.8. The molecule has 1 aromatic heterocycles. The Morgan fingerprint density at radius 1 is 1.11 bits per heavy atom. The molecule has 0 saturated heterocycles. The van der Waals surface area contributed by atoms with E-state index in [0.29, 0.717) is 41.1 Å². The van der Waals surface area contributed by atoms with Crippen LogP contribution in [-0.2, 0) is 19.5 Å². The summed E-state index contributed by atoms with van der Waals surface area (Å²) in [6, 6.07) is 15.4. The van der Waals surface area contributed by atoms with E-state index >= 15 is 0 Å². The second-order valence-corrected chi connectivity index (χ2v) is 7.35. The van der Waals surface area contributed by atoms with Gasteiger partial charge in [0.15, 0.2) is 0 Å². The molecule has 4 rings (SSSR count). The first-order chi connectivity index (χ1) is 13.1. The van der Waals surface area contributed by atoms with Gasteiger partial charge in [-0.15, -0.1) is 0 Å². The monoisotopic (exact) mass is 400 g/mol. The number of halogens is 2. The highest BCUT2D eigenvalue weighted by atomic mass is 35.5. The molecule has 1 aliphatic heterocycles. The Bertz CT molecular complexity index is 1000. The Kier molecular flexibility index (Phi) is 5.05. The van der Waals surface area contributed by atoms with E-state index < -0.39 is 0 Å². The molecule has 0 unspecified atom stereocenters. The highest BCUT2D eigenvalue weighted by Crippen LogP contribution is 2.28. The SMILES string of the molecule is O=c1[nH]c(NCc2ccccc2)nc2c1CN(c1cc(Cl)cc(Cl)c1)CC2. The number of hydrogen-bond acceptors (Lipinski definition) is 4. The topological polar surface area (TPSA) is 61.0 Å². The molecule has 7 heteroatoms. The van der Waals surface area contributed by atoms with Gasteiger partial charge in [0.2, 0.25) is 5.95 Å². The molecule has 0 atom stereocenters. The van der Waals surface area contributed by atoms with Gasteiger partial charge in [-0.2, -0.15) is 0 Å². The zero-order valence-electron chi connectivity index (χ0n) is 14.5. The maximum absolute atomic E-state index is 12.6. The van der Waals surface area contributed by atoms with Crippen LogP contribution in [-0.4, -0.2) is 16.5 Å². The molecular weight excluding hydrogens is 383 g/mol. The molecule has 0 bridgehead atoms. The van der Waals surface area contributed by atoms with Crippen molar-refractivity contribution in [2.45, 2.75) is 19.5 Å². The predicted octanol–water partition coefficient (Wildman–Crippen LogP) is 4.25. The third-order valence-corrected chi connectivity index (χ3v) is 5.02. The van der Waals surface area contributed by atoms with E-state index in [-0.39, 0.29) is 5.56 Å². The van der Waals surface area contributed by atoms with Crippen molar-refractivity contribution >= 4 is 34.8 Å². The number of nitrogens with one attached hydrogen (secondary N) is 2. The van der Waals surface area contributed by atoms with Crippen LogP contribution < -0.4 is 15.8 Å². The van der Waals surface area contributed by atoms with Crippen molar-refractivity contribution in [3.05, 3.63) is 85.8 Å². The van der Waals surface area contributed by atoms with Gasteiger partial charge >= 0.3 is 0 Å². The Labute approximate surface area is 167 Å². The average Bonchev–Trinajstić information content (AvgIpc) is 2.66. The smallest absolute Gasteiger partial charge is 0.257 e. The van der Waals surface area contributed by atoms with Crippen LogP contribution in [0.1, 0.15) is 16.8 Å². The summed E-state index contributed by atoms with van der Waals surface area (Å²) in [5.41, 5.74) is 3.43. The summed E-state index contributed by atoms with van der Waals surface area (Å²) in [4.78, 5) is 22.1. The van der Waals surface area contributed by atoms with Gasteiger partial charge in [0, 0.05) is 35.2 Å². The van der Waals surface area contributed by atoms with Crippen molar-refractivity contribution in [1.29, 1.82) is 0 Å². The number of hydrogen-bond donors (Lipinski definition) is 2. The lowest BCUT2D eigenvalue weighted by atomic mass is 10.1. The van der Waals surface area contributed by atoms with Gasteiger partial charge in [-0.05, 0) is 23.8 Å². The van der Waals surface area contributed by atoms with Gasteiger partial charge in [-0.1, -0.05) is 53.5 Å². The van der Waals surface area contributed by atoms with Crippen LogP contribution in [0.3, 0.4) is 0 Å². The molecule has 2 heterocycles. The summed E-state index contributed by atoms with van der Waals surface area (Å²) in [6.45, 7) is 1.83. The molecule has 1 aliphatic rings. The maximum atomic E-state index is 12.6. The molecule has 0 fully saturated rings. The Balaban J connectivity index is 1.53. The standard InChI is InChI=1S/C20H18Cl2N4O/c21-14-8-15(22)10-16(9-14)26-7-6-18-17(12-26)19(27)25-20(24-18)23-11-13-4-2-1-3-5-13/h1-5,8-10H,6-7,11-12H2,(H2,23,24,25,27). The van der Waals surface area contributed by atoms with E-state index in [9.17, 15) is 4.79 Å². The largest absolute Gasteiger partial charge is 0.366 e. The highest BCUT2D eigenvalue weighted by Gasteiger charge is 2.22. The normalized spacial score (nSPS) is 13.3. The highest BCUT2D eigenvalue weighted by molar-refractivity contribution is 6.35. The fraction of sp³-hybridized carbons (Fsp3) is 0.200. The second-order valence-electron chi connectivity index (χ2n) is 6.48. The van der Waals surface area contributed by atoms with E-state index in [1.165, 1.54) is 0 Å². The minimum absolute atomic E-state index is 0.117. The number of H-pyrrole nitrogens is 1. The molecule has 0 radical (unpaired) electrons. The van der Waals surface area contributed by atoms with E-state index in [0.717, 1.165) is 23.5 Å². The number of nitrogens with zero attached hydrogens (tertiary/aromatic N) is 2. The minimum atomic E-state index is -0.117. The number of aromatic amines is 1. The van der Waals surface area contributed by atoms with Gasteiger partial charge < -0.3 is 10.2 Å². The average molecular weight is 401 g/mol. The van der Waals surface area contributed by atoms with Crippen LogP contribution in [0.2, 0.25) is 10.0 Å². The quantitative estimate of drug-likeness (QED) is 0.686. The van der Waals surface area contributed by atoms with Crippen molar-refractivity contribution in [3.8, 4) is 0 Å². The number of anilines is 2. The number of aromatic nitrogens is 2. The Morgan fingerprint density at radius 2 is 1.85 bits per heavy atom. The molecule has 0 amide bonds. The predicted molar refractivity (Wildman–Crippen MR) is 110 cm³/mol. The van der Waals surface area contributed by atoms with Crippen LogP contribution in [0.15, 0.2) is 53.3 Å². The van der Waals surface area contributed by atoms with Crippen LogP contribution in [0.4, 0.5) is 11.6 Å². The summed E-state index contributed by atoms with van der Waals surface area (Å²) < 4.78 is 0. The summed E-state index contributed by atoms with van der Waals surface area (Å²) in [7, 11) is 0. The molecule has 2 N–H and O–H groups in total. The number of benzene rings is 2. The van der Waals surface area contributed by atoms with Gasteiger partial charge in [0.1, 0.15) is 0 Å². The van der Waals surface area contributed by atoms with Crippen molar-refractivity contribution in [2.75, 3.05) is 16.8 Å². The van der Waals surface area contributed by atoms with Crippen LogP contribution >= 0.6 is 23.2 Å². The lowest BCUT2D eigenvalue weighted by molar-refractivity contribution is 0.698. The maximum Gasteiger partial charge on any atom is 0.257 e. The van der Waals surface area contributed by atoms with Gasteiger partial charge in [0.25, 0.3) is 5.56 Å². The second kappa shape index (κ2) is 7.62. The number of rotatable bonds is 4. The first-order valence-corrected chi connectivity index (χ1v) is 9.45. The lowest BCUT2D eigenvalue weighted by Gasteiger charge is -2.30. The van der Waals surface area contributed by atoms with Gasteiger partial charge in [0.05, 0.1) is 17.8 Å². The van der Waals surface area contributed by atoms with E-state index in [4.69, 9.17) is 23.2 Å². The van der Waals surface area contributed by atoms with Crippen molar-refractivity contribution in [1.82, 2.24) is 9.97 Å². The molecule has 0 aliphatic carbocycles. The summed E-state index contributed by atoms with van der Waals surface area (Å²) >= 11 is 12.2. The van der Waals surface area contributed by atoms with E-state index in [2.05, 4.69) is 20.2 Å². The molecule has 2 aromatic carbocycles. The minimum Gasteiger partial charge on any atom is -0.366 e. The molecular formula is C20H18Cl2N4O. The summed E-state index contributed by atoms with van der Waals surface area (Å²) in [5.74, 6) is 0.502. The van der Waals surface area contributed by atoms with E-state index in [1.807, 2.05) is 42.5 Å².